The Kier molecular flexibility index (Phi) is 4.29. The lowest BCUT2D eigenvalue weighted by Crippen LogP contribution is -2.48. The number of amides is 1. The maximum atomic E-state index is 11.3. The number of carbonyl (C=O) groups is 2. The molecular formula is C11H20N2O3. The van der Waals surface area contributed by atoms with Crippen LogP contribution in [0.2, 0.25) is 0 Å². The van der Waals surface area contributed by atoms with Crippen LogP contribution in [0.4, 0.5) is 4.79 Å². The molecule has 0 aromatic rings. The zero-order chi connectivity index (χ0) is 12.2. The molecule has 16 heavy (non-hydrogen) atoms. The molecule has 1 aliphatic rings. The Morgan fingerprint density at radius 1 is 1.38 bits per heavy atom. The van der Waals surface area contributed by atoms with Crippen molar-refractivity contribution in [2.75, 3.05) is 19.6 Å². The highest BCUT2D eigenvalue weighted by Crippen LogP contribution is 2.18. The Morgan fingerprint density at radius 2 is 2.00 bits per heavy atom. The monoisotopic (exact) mass is 228 g/mol. The van der Waals surface area contributed by atoms with E-state index in [1.807, 2.05) is 20.8 Å². The third-order valence-corrected chi connectivity index (χ3v) is 2.28. The number of hydrogen-bond donors (Lipinski definition) is 2. The van der Waals surface area contributed by atoms with Crippen LogP contribution < -0.4 is 10.6 Å². The van der Waals surface area contributed by atoms with E-state index in [-0.39, 0.29) is 11.8 Å². The van der Waals surface area contributed by atoms with Crippen LogP contribution in [0.3, 0.4) is 0 Å². The zero-order valence-electron chi connectivity index (χ0n) is 10.1. The van der Waals surface area contributed by atoms with E-state index in [4.69, 9.17) is 0 Å². The second-order valence-electron chi connectivity index (χ2n) is 5.40. The molecule has 92 valence electrons. The van der Waals surface area contributed by atoms with Crippen molar-refractivity contribution in [1.29, 1.82) is 0 Å². The topological polar surface area (TPSA) is 67.4 Å². The molecule has 1 saturated heterocycles. The van der Waals surface area contributed by atoms with Crippen molar-refractivity contribution < 1.29 is 14.3 Å². The van der Waals surface area contributed by atoms with Crippen molar-refractivity contribution in [3.05, 3.63) is 0 Å². The van der Waals surface area contributed by atoms with Crippen molar-refractivity contribution in [2.24, 2.45) is 11.3 Å². The van der Waals surface area contributed by atoms with Crippen molar-refractivity contribution in [1.82, 2.24) is 10.6 Å². The molecule has 1 fully saturated rings. The van der Waals surface area contributed by atoms with Gasteiger partial charge in [0.15, 0.2) is 0 Å². The predicted molar refractivity (Wildman–Crippen MR) is 59.9 cm³/mol. The van der Waals surface area contributed by atoms with Crippen molar-refractivity contribution in [2.45, 2.75) is 27.2 Å². The second-order valence-corrected chi connectivity index (χ2v) is 5.40. The molecule has 0 bridgehead atoms. The van der Waals surface area contributed by atoms with Gasteiger partial charge in [-0.05, 0) is 5.41 Å². The molecule has 1 rings (SSSR count). The van der Waals surface area contributed by atoms with Gasteiger partial charge in [-0.15, -0.1) is 0 Å². The van der Waals surface area contributed by atoms with Gasteiger partial charge in [-0.3, -0.25) is 4.79 Å². The predicted octanol–water partition coefficient (Wildman–Crippen LogP) is 0.895. The van der Waals surface area contributed by atoms with Crippen LogP contribution in [0.15, 0.2) is 0 Å². The first-order valence-electron chi connectivity index (χ1n) is 5.56. The lowest BCUT2D eigenvalue weighted by atomic mass is 9.93. The standard InChI is InChI=1S/C11H20N2O3/c1-11(2,3)4-9(14)16-10(15)13-7-8-5-12-6-8/h8,12H,4-7H2,1-3H3,(H,13,15). The van der Waals surface area contributed by atoms with Gasteiger partial charge in [-0.1, -0.05) is 20.8 Å². The van der Waals surface area contributed by atoms with Gasteiger partial charge in [-0.25, -0.2) is 4.79 Å². The molecule has 5 heteroatoms. The van der Waals surface area contributed by atoms with Crippen molar-refractivity contribution in [3.63, 3.8) is 0 Å². The van der Waals surface area contributed by atoms with Gasteiger partial charge in [0.25, 0.3) is 0 Å². The van der Waals surface area contributed by atoms with Crippen LogP contribution in [0.25, 0.3) is 0 Å². The number of alkyl carbamates (subject to hydrolysis) is 1. The van der Waals surface area contributed by atoms with Crippen LogP contribution in [-0.4, -0.2) is 31.7 Å². The molecule has 0 spiro atoms. The summed E-state index contributed by atoms with van der Waals surface area (Å²) in [4.78, 5) is 22.5. The molecule has 1 heterocycles. The molecular weight excluding hydrogens is 208 g/mol. The first kappa shape index (κ1) is 13.0. The first-order chi connectivity index (χ1) is 7.37. The lowest BCUT2D eigenvalue weighted by Gasteiger charge is -2.26. The average Bonchev–Trinajstić information content (AvgIpc) is 1.96. The average molecular weight is 228 g/mol. The normalized spacial score (nSPS) is 16.4. The summed E-state index contributed by atoms with van der Waals surface area (Å²) in [5.41, 5.74) is -0.157. The number of esters is 1. The van der Waals surface area contributed by atoms with E-state index in [0.717, 1.165) is 13.1 Å². The minimum absolute atomic E-state index is 0.157. The third-order valence-electron chi connectivity index (χ3n) is 2.28. The van der Waals surface area contributed by atoms with Gasteiger partial charge in [0.1, 0.15) is 0 Å². The van der Waals surface area contributed by atoms with Crippen LogP contribution >= 0.6 is 0 Å². The highest BCUT2D eigenvalue weighted by atomic mass is 16.6. The zero-order valence-corrected chi connectivity index (χ0v) is 10.1. The summed E-state index contributed by atoms with van der Waals surface area (Å²) < 4.78 is 4.64. The molecule has 1 amide bonds. The Morgan fingerprint density at radius 3 is 2.44 bits per heavy atom. The highest BCUT2D eigenvalue weighted by Gasteiger charge is 2.21. The van der Waals surface area contributed by atoms with Crippen molar-refractivity contribution in [3.8, 4) is 0 Å². The van der Waals surface area contributed by atoms with E-state index in [0.29, 0.717) is 12.5 Å². The Labute approximate surface area is 95.9 Å². The SMILES string of the molecule is CC(C)(C)CC(=O)OC(=O)NCC1CNC1. The fraction of sp³-hybridized carbons (Fsp3) is 0.818. The number of nitrogens with one attached hydrogen (secondary N) is 2. The quantitative estimate of drug-likeness (QED) is 0.556. The maximum absolute atomic E-state index is 11.3. The van der Waals surface area contributed by atoms with Gasteiger partial charge < -0.3 is 15.4 Å². The van der Waals surface area contributed by atoms with Crippen LogP contribution in [0.1, 0.15) is 27.2 Å². The second kappa shape index (κ2) is 5.30. The Hall–Kier alpha value is -1.10. The minimum Gasteiger partial charge on any atom is -0.376 e. The molecule has 0 aliphatic carbocycles. The summed E-state index contributed by atoms with van der Waals surface area (Å²) in [7, 11) is 0. The highest BCUT2D eigenvalue weighted by molar-refractivity contribution is 5.84. The third kappa shape index (κ3) is 5.11. The maximum Gasteiger partial charge on any atom is 0.414 e. The Bertz CT molecular complexity index is 267. The number of rotatable bonds is 3. The summed E-state index contributed by atoms with van der Waals surface area (Å²) in [6, 6.07) is 0. The molecule has 0 radical (unpaired) electrons. The van der Waals surface area contributed by atoms with E-state index in [1.54, 1.807) is 0 Å². The van der Waals surface area contributed by atoms with Gasteiger partial charge in [0, 0.05) is 25.6 Å². The molecule has 0 atom stereocenters. The summed E-state index contributed by atoms with van der Waals surface area (Å²) in [6.45, 7) is 8.16. The van der Waals surface area contributed by atoms with Crippen LogP contribution in [0.5, 0.6) is 0 Å². The van der Waals surface area contributed by atoms with Crippen LogP contribution in [-0.2, 0) is 9.53 Å². The van der Waals surface area contributed by atoms with E-state index in [9.17, 15) is 9.59 Å². The summed E-state index contributed by atoms with van der Waals surface area (Å²) in [6.07, 6.45) is -0.396. The fourth-order valence-electron chi connectivity index (χ4n) is 1.33. The lowest BCUT2D eigenvalue weighted by molar-refractivity contribution is -0.139. The van der Waals surface area contributed by atoms with E-state index < -0.39 is 12.1 Å². The van der Waals surface area contributed by atoms with Gasteiger partial charge in [0.05, 0.1) is 6.42 Å². The number of carbonyl (C=O) groups excluding carboxylic acids is 2. The van der Waals surface area contributed by atoms with Gasteiger partial charge in [0.2, 0.25) is 0 Å². The van der Waals surface area contributed by atoms with E-state index >= 15 is 0 Å². The molecule has 2 N–H and O–H groups in total. The van der Waals surface area contributed by atoms with Gasteiger partial charge in [-0.2, -0.15) is 0 Å². The van der Waals surface area contributed by atoms with E-state index in [1.165, 1.54) is 0 Å². The van der Waals surface area contributed by atoms with Crippen molar-refractivity contribution >= 4 is 12.1 Å². The smallest absolute Gasteiger partial charge is 0.376 e. The minimum atomic E-state index is -0.638. The summed E-state index contributed by atoms with van der Waals surface area (Å²) in [5.74, 6) is -0.0120. The summed E-state index contributed by atoms with van der Waals surface area (Å²) >= 11 is 0. The Balaban J connectivity index is 2.15. The summed E-state index contributed by atoms with van der Waals surface area (Å²) in [5, 5.41) is 5.68. The number of ether oxygens (including phenoxy) is 1. The molecule has 5 nitrogen and oxygen atoms in total. The molecule has 0 aromatic carbocycles. The molecule has 0 saturated carbocycles. The molecule has 1 aliphatic heterocycles. The van der Waals surface area contributed by atoms with Crippen LogP contribution in [0, 0.1) is 11.3 Å². The molecule has 0 unspecified atom stereocenters. The molecule has 0 aromatic heterocycles. The first-order valence-corrected chi connectivity index (χ1v) is 5.56. The number of hydrogen-bond acceptors (Lipinski definition) is 4. The van der Waals surface area contributed by atoms with E-state index in [2.05, 4.69) is 15.4 Å². The fourth-order valence-corrected chi connectivity index (χ4v) is 1.33. The largest absolute Gasteiger partial charge is 0.414 e. The van der Waals surface area contributed by atoms with Gasteiger partial charge >= 0.3 is 12.1 Å².